The average Bonchev–Trinajstić information content (AvgIpc) is 3.03. The Bertz CT molecular complexity index is 956. The third-order valence-corrected chi connectivity index (χ3v) is 5.21. The minimum atomic E-state index is -0.564. The maximum Gasteiger partial charge on any atom is 0.262 e. The molecule has 1 N–H and O–H groups in total. The van der Waals surface area contributed by atoms with Gasteiger partial charge in [0.05, 0.1) is 30.8 Å². The van der Waals surface area contributed by atoms with Crippen LogP contribution in [0.2, 0.25) is 0 Å². The Morgan fingerprint density at radius 2 is 1.60 bits per heavy atom. The van der Waals surface area contributed by atoms with Crippen molar-refractivity contribution in [2.45, 2.75) is 6.10 Å². The van der Waals surface area contributed by atoms with E-state index in [4.69, 9.17) is 4.74 Å². The van der Waals surface area contributed by atoms with Crippen LogP contribution in [-0.4, -0.2) is 66.2 Å². The third kappa shape index (κ3) is 3.95. The van der Waals surface area contributed by atoms with E-state index < -0.39 is 24.3 Å². The lowest BCUT2D eigenvalue weighted by atomic mass is 10.1. The predicted octanol–water partition coefficient (Wildman–Crippen LogP) is 0.999. The number of carbonyl (C=O) groups excluding carboxylic acids is 4. The highest BCUT2D eigenvalue weighted by molar-refractivity contribution is 6.22. The number of amides is 4. The second-order valence-corrected chi connectivity index (χ2v) is 7.13. The number of hydrogen-bond donors (Lipinski definition) is 1. The maximum atomic E-state index is 12.5. The summed E-state index contributed by atoms with van der Waals surface area (Å²) in [4.78, 5) is 52.0. The van der Waals surface area contributed by atoms with Gasteiger partial charge in [0.25, 0.3) is 11.8 Å². The Kier molecular flexibility index (Phi) is 5.58. The Morgan fingerprint density at radius 3 is 2.27 bits per heavy atom. The van der Waals surface area contributed by atoms with Crippen molar-refractivity contribution in [3.05, 3.63) is 71.3 Å². The topological polar surface area (TPSA) is 96.0 Å². The van der Waals surface area contributed by atoms with Gasteiger partial charge in [-0.3, -0.25) is 24.1 Å². The number of nitrogens with zero attached hydrogens (tertiary/aromatic N) is 2. The number of rotatable bonds is 5. The van der Waals surface area contributed by atoms with Crippen LogP contribution in [0.1, 0.15) is 32.4 Å². The smallest absolute Gasteiger partial charge is 0.262 e. The SMILES string of the molecule is O=C(CN1C(=O)c2ccccc2C1=O)NCC(=O)N1CCOC(c2ccccc2)C1. The minimum Gasteiger partial charge on any atom is -0.370 e. The van der Waals surface area contributed by atoms with Gasteiger partial charge in [0.15, 0.2) is 0 Å². The van der Waals surface area contributed by atoms with Gasteiger partial charge in [-0.25, -0.2) is 0 Å². The molecule has 0 radical (unpaired) electrons. The van der Waals surface area contributed by atoms with Crippen LogP contribution in [0, 0.1) is 0 Å². The number of carbonyl (C=O) groups is 4. The number of nitrogens with one attached hydrogen (secondary N) is 1. The first-order chi connectivity index (χ1) is 14.5. The third-order valence-electron chi connectivity index (χ3n) is 5.21. The molecule has 8 nitrogen and oxygen atoms in total. The van der Waals surface area contributed by atoms with Crippen LogP contribution in [0.4, 0.5) is 0 Å². The highest BCUT2D eigenvalue weighted by Crippen LogP contribution is 2.23. The van der Waals surface area contributed by atoms with Gasteiger partial charge in [0.2, 0.25) is 11.8 Å². The number of morpholine rings is 1. The fourth-order valence-corrected chi connectivity index (χ4v) is 3.61. The van der Waals surface area contributed by atoms with Crippen molar-refractivity contribution in [3.63, 3.8) is 0 Å². The fraction of sp³-hybridized carbons (Fsp3) is 0.273. The minimum absolute atomic E-state index is 0.205. The molecule has 4 rings (SSSR count). The number of ether oxygens (including phenoxy) is 1. The zero-order chi connectivity index (χ0) is 21.1. The summed E-state index contributed by atoms with van der Waals surface area (Å²) in [6.45, 7) is 0.626. The Labute approximate surface area is 173 Å². The molecule has 0 bridgehead atoms. The summed E-state index contributed by atoms with van der Waals surface area (Å²) >= 11 is 0. The fourth-order valence-electron chi connectivity index (χ4n) is 3.61. The van der Waals surface area contributed by atoms with Crippen LogP contribution in [0.25, 0.3) is 0 Å². The van der Waals surface area contributed by atoms with Crippen molar-refractivity contribution in [2.75, 3.05) is 32.8 Å². The van der Waals surface area contributed by atoms with Crippen LogP contribution >= 0.6 is 0 Å². The van der Waals surface area contributed by atoms with Crippen LogP contribution in [-0.2, 0) is 14.3 Å². The molecule has 2 aromatic rings. The Morgan fingerprint density at radius 1 is 0.967 bits per heavy atom. The monoisotopic (exact) mass is 407 g/mol. The summed E-state index contributed by atoms with van der Waals surface area (Å²) < 4.78 is 5.75. The van der Waals surface area contributed by atoms with Crippen LogP contribution < -0.4 is 5.32 Å². The molecule has 2 aromatic carbocycles. The first-order valence-electron chi connectivity index (χ1n) is 9.71. The summed E-state index contributed by atoms with van der Waals surface area (Å²) in [5.74, 6) is -1.81. The van der Waals surface area contributed by atoms with Gasteiger partial charge in [-0.15, -0.1) is 0 Å². The molecule has 4 amide bonds. The lowest BCUT2D eigenvalue weighted by Gasteiger charge is -2.33. The molecule has 1 atom stereocenters. The van der Waals surface area contributed by atoms with Crippen molar-refractivity contribution in [1.82, 2.24) is 15.1 Å². The average molecular weight is 407 g/mol. The van der Waals surface area contributed by atoms with E-state index in [1.807, 2.05) is 30.3 Å². The number of fused-ring (bicyclic) bond motifs is 1. The standard InChI is InChI=1S/C22H21N3O5/c26-19(14-25-21(28)16-8-4-5-9-17(16)22(25)29)23-12-20(27)24-10-11-30-18(13-24)15-6-2-1-3-7-15/h1-9,18H,10-14H2,(H,23,26). The highest BCUT2D eigenvalue weighted by Gasteiger charge is 2.36. The quantitative estimate of drug-likeness (QED) is 0.746. The number of imide groups is 1. The molecule has 2 aliphatic heterocycles. The second-order valence-electron chi connectivity index (χ2n) is 7.13. The molecule has 0 saturated carbocycles. The molecule has 0 aliphatic carbocycles. The van der Waals surface area contributed by atoms with Gasteiger partial charge < -0.3 is 15.0 Å². The lowest BCUT2D eigenvalue weighted by molar-refractivity contribution is -0.139. The maximum absolute atomic E-state index is 12.5. The van der Waals surface area contributed by atoms with E-state index >= 15 is 0 Å². The summed E-state index contributed by atoms with van der Waals surface area (Å²) in [5, 5.41) is 2.51. The number of hydrogen-bond acceptors (Lipinski definition) is 5. The molecule has 0 aromatic heterocycles. The van der Waals surface area contributed by atoms with Gasteiger partial charge in [-0.2, -0.15) is 0 Å². The van der Waals surface area contributed by atoms with E-state index in [-0.39, 0.29) is 29.7 Å². The van der Waals surface area contributed by atoms with E-state index in [0.717, 1.165) is 10.5 Å². The lowest BCUT2D eigenvalue weighted by Crippen LogP contribution is -2.48. The van der Waals surface area contributed by atoms with Gasteiger partial charge in [-0.1, -0.05) is 42.5 Å². The molecule has 1 saturated heterocycles. The first-order valence-corrected chi connectivity index (χ1v) is 9.71. The highest BCUT2D eigenvalue weighted by atomic mass is 16.5. The van der Waals surface area contributed by atoms with Crippen LogP contribution in [0.15, 0.2) is 54.6 Å². The van der Waals surface area contributed by atoms with E-state index in [2.05, 4.69) is 5.32 Å². The molecule has 154 valence electrons. The van der Waals surface area contributed by atoms with E-state index in [9.17, 15) is 19.2 Å². The molecular formula is C22H21N3O5. The van der Waals surface area contributed by atoms with E-state index in [0.29, 0.717) is 19.7 Å². The largest absolute Gasteiger partial charge is 0.370 e. The second kappa shape index (κ2) is 8.46. The number of benzene rings is 2. The summed E-state index contributed by atoms with van der Waals surface area (Å²) in [7, 11) is 0. The Hall–Kier alpha value is -3.52. The molecular weight excluding hydrogens is 386 g/mol. The molecule has 2 aliphatic rings. The molecule has 1 unspecified atom stereocenters. The van der Waals surface area contributed by atoms with Gasteiger partial charge in [0, 0.05) is 6.54 Å². The van der Waals surface area contributed by atoms with Crippen molar-refractivity contribution < 1.29 is 23.9 Å². The van der Waals surface area contributed by atoms with Crippen molar-refractivity contribution in [1.29, 1.82) is 0 Å². The van der Waals surface area contributed by atoms with Crippen molar-refractivity contribution in [2.24, 2.45) is 0 Å². The zero-order valence-corrected chi connectivity index (χ0v) is 16.2. The van der Waals surface area contributed by atoms with Crippen LogP contribution in [0.3, 0.4) is 0 Å². The molecule has 30 heavy (non-hydrogen) atoms. The van der Waals surface area contributed by atoms with E-state index in [1.165, 1.54) is 0 Å². The van der Waals surface area contributed by atoms with E-state index in [1.54, 1.807) is 29.2 Å². The zero-order valence-electron chi connectivity index (χ0n) is 16.2. The van der Waals surface area contributed by atoms with Gasteiger partial charge in [0.1, 0.15) is 12.6 Å². The summed E-state index contributed by atoms with van der Waals surface area (Å²) in [5.41, 5.74) is 1.56. The van der Waals surface area contributed by atoms with Gasteiger partial charge >= 0.3 is 0 Å². The summed E-state index contributed by atoms with van der Waals surface area (Å²) in [6, 6.07) is 16.1. The van der Waals surface area contributed by atoms with Crippen LogP contribution in [0.5, 0.6) is 0 Å². The predicted molar refractivity (Wildman–Crippen MR) is 107 cm³/mol. The first kappa shape index (κ1) is 19.8. The van der Waals surface area contributed by atoms with Crippen molar-refractivity contribution >= 4 is 23.6 Å². The molecule has 0 spiro atoms. The van der Waals surface area contributed by atoms with Crippen molar-refractivity contribution in [3.8, 4) is 0 Å². The summed E-state index contributed by atoms with van der Waals surface area (Å²) in [6.07, 6.45) is -0.210. The Balaban J connectivity index is 1.29. The molecule has 1 fully saturated rings. The molecule has 2 heterocycles. The van der Waals surface area contributed by atoms with Gasteiger partial charge in [-0.05, 0) is 17.7 Å². The molecule has 8 heteroatoms. The normalized spacial score (nSPS) is 18.3.